The van der Waals surface area contributed by atoms with Gasteiger partial charge in [-0.1, -0.05) is 37.1 Å². The molecule has 0 spiro atoms. The summed E-state index contributed by atoms with van der Waals surface area (Å²) in [5.74, 6) is 7.12. The number of nitrogens with two attached hydrogens (primary N) is 1. The topological polar surface area (TPSA) is 47.3 Å². The highest BCUT2D eigenvalue weighted by Gasteiger charge is 2.30. The summed E-state index contributed by atoms with van der Waals surface area (Å²) >= 11 is 0. The Bertz CT molecular complexity index is 405. The summed E-state index contributed by atoms with van der Waals surface area (Å²) in [6.07, 6.45) is 7.84. The molecule has 0 bridgehead atoms. The van der Waals surface area contributed by atoms with E-state index in [0.29, 0.717) is 12.0 Å². The van der Waals surface area contributed by atoms with Crippen LogP contribution in [0.1, 0.15) is 43.6 Å². The molecule has 0 saturated carbocycles. The molecule has 0 radical (unpaired) electrons. The van der Waals surface area contributed by atoms with Gasteiger partial charge in [0.2, 0.25) is 0 Å². The van der Waals surface area contributed by atoms with Crippen molar-refractivity contribution in [3.8, 4) is 5.75 Å². The molecule has 0 fully saturated rings. The predicted octanol–water partition coefficient (Wildman–Crippen LogP) is 3.13. The van der Waals surface area contributed by atoms with E-state index < -0.39 is 0 Å². The molecule has 1 aromatic rings. The maximum absolute atomic E-state index is 5.73. The minimum Gasteiger partial charge on any atom is -0.493 e. The van der Waals surface area contributed by atoms with Gasteiger partial charge in [-0.15, -0.1) is 6.58 Å². The number of hydrogen-bond acceptors (Lipinski definition) is 3. The SMILES string of the molecule is C=CCCCCCC(NN)C1COc2ccccc21. The van der Waals surface area contributed by atoms with Gasteiger partial charge in [-0.3, -0.25) is 11.3 Å². The lowest BCUT2D eigenvalue weighted by atomic mass is 9.90. The van der Waals surface area contributed by atoms with Crippen LogP contribution in [0.2, 0.25) is 0 Å². The molecular formula is C16H24N2O. The quantitative estimate of drug-likeness (QED) is 0.327. The summed E-state index contributed by atoms with van der Waals surface area (Å²) < 4.78 is 5.73. The lowest BCUT2D eigenvalue weighted by Gasteiger charge is -2.21. The fourth-order valence-electron chi connectivity index (χ4n) is 2.75. The van der Waals surface area contributed by atoms with E-state index in [-0.39, 0.29) is 0 Å². The average Bonchev–Trinajstić information content (AvgIpc) is 2.87. The van der Waals surface area contributed by atoms with E-state index in [9.17, 15) is 0 Å². The smallest absolute Gasteiger partial charge is 0.122 e. The van der Waals surface area contributed by atoms with E-state index >= 15 is 0 Å². The highest BCUT2D eigenvalue weighted by molar-refractivity contribution is 5.40. The van der Waals surface area contributed by atoms with Crippen LogP contribution in [-0.4, -0.2) is 12.6 Å². The second kappa shape index (κ2) is 7.31. The van der Waals surface area contributed by atoms with Crippen molar-refractivity contribution in [3.63, 3.8) is 0 Å². The van der Waals surface area contributed by atoms with Crippen LogP contribution in [0, 0.1) is 0 Å². The number of para-hydroxylation sites is 1. The molecule has 1 heterocycles. The van der Waals surface area contributed by atoms with Gasteiger partial charge in [-0.05, 0) is 25.3 Å². The maximum Gasteiger partial charge on any atom is 0.122 e. The van der Waals surface area contributed by atoms with E-state index in [1.807, 2.05) is 18.2 Å². The third-order valence-electron chi connectivity index (χ3n) is 3.86. The Kier molecular flexibility index (Phi) is 5.43. The number of benzene rings is 1. The first kappa shape index (κ1) is 14.1. The predicted molar refractivity (Wildman–Crippen MR) is 79.1 cm³/mol. The van der Waals surface area contributed by atoms with Crippen molar-refractivity contribution >= 4 is 0 Å². The summed E-state index contributed by atoms with van der Waals surface area (Å²) in [7, 11) is 0. The number of rotatable bonds is 8. The van der Waals surface area contributed by atoms with Gasteiger partial charge in [0.1, 0.15) is 5.75 Å². The standard InChI is InChI=1S/C16H24N2O/c1-2-3-4-5-6-10-15(18-17)14-12-19-16-11-8-7-9-13(14)16/h2,7-9,11,14-15,18H,1,3-6,10,12,17H2. The first-order valence-electron chi connectivity index (χ1n) is 7.15. The van der Waals surface area contributed by atoms with Gasteiger partial charge in [0, 0.05) is 17.5 Å². The second-order valence-electron chi connectivity index (χ2n) is 5.16. The molecule has 2 rings (SSSR count). The third kappa shape index (κ3) is 3.58. The molecular weight excluding hydrogens is 236 g/mol. The average molecular weight is 260 g/mol. The van der Waals surface area contributed by atoms with Crippen LogP contribution in [0.4, 0.5) is 0 Å². The molecule has 0 saturated heterocycles. The Balaban J connectivity index is 1.87. The summed E-state index contributed by atoms with van der Waals surface area (Å²) in [4.78, 5) is 0. The Morgan fingerprint density at radius 2 is 2.21 bits per heavy atom. The van der Waals surface area contributed by atoms with Crippen molar-refractivity contribution in [2.24, 2.45) is 5.84 Å². The molecule has 3 heteroatoms. The largest absolute Gasteiger partial charge is 0.493 e. The molecule has 104 valence electrons. The molecule has 19 heavy (non-hydrogen) atoms. The molecule has 3 N–H and O–H groups in total. The van der Waals surface area contributed by atoms with Crippen LogP contribution in [0.15, 0.2) is 36.9 Å². The third-order valence-corrected chi connectivity index (χ3v) is 3.86. The van der Waals surface area contributed by atoms with Gasteiger partial charge in [0.15, 0.2) is 0 Å². The molecule has 3 nitrogen and oxygen atoms in total. The maximum atomic E-state index is 5.73. The summed E-state index contributed by atoms with van der Waals surface area (Å²) in [5, 5.41) is 0. The zero-order valence-corrected chi connectivity index (χ0v) is 11.5. The molecule has 1 aliphatic rings. The Hall–Kier alpha value is -1.32. The molecule has 0 aromatic heterocycles. The fraction of sp³-hybridized carbons (Fsp3) is 0.500. The molecule has 2 atom stereocenters. The van der Waals surface area contributed by atoms with Crippen molar-refractivity contribution in [3.05, 3.63) is 42.5 Å². The summed E-state index contributed by atoms with van der Waals surface area (Å²) in [6.45, 7) is 4.49. The number of nitrogens with one attached hydrogen (secondary N) is 1. The van der Waals surface area contributed by atoms with Crippen molar-refractivity contribution in [2.45, 2.75) is 44.1 Å². The Labute approximate surface area is 115 Å². The van der Waals surface area contributed by atoms with Crippen molar-refractivity contribution in [1.82, 2.24) is 5.43 Å². The molecule has 0 aliphatic carbocycles. The van der Waals surface area contributed by atoms with E-state index in [1.54, 1.807) is 0 Å². The van der Waals surface area contributed by atoms with E-state index in [1.165, 1.54) is 24.8 Å². The number of hydrogen-bond donors (Lipinski definition) is 2. The van der Waals surface area contributed by atoms with Crippen LogP contribution in [-0.2, 0) is 0 Å². The van der Waals surface area contributed by atoms with E-state index in [4.69, 9.17) is 10.6 Å². The van der Waals surface area contributed by atoms with Crippen LogP contribution >= 0.6 is 0 Å². The minimum atomic E-state index is 0.299. The monoisotopic (exact) mass is 260 g/mol. The highest BCUT2D eigenvalue weighted by atomic mass is 16.5. The van der Waals surface area contributed by atoms with Crippen LogP contribution in [0.25, 0.3) is 0 Å². The summed E-state index contributed by atoms with van der Waals surface area (Å²) in [5.41, 5.74) is 4.26. The van der Waals surface area contributed by atoms with Gasteiger partial charge in [0.25, 0.3) is 0 Å². The van der Waals surface area contributed by atoms with Gasteiger partial charge >= 0.3 is 0 Å². The molecule has 2 unspecified atom stereocenters. The van der Waals surface area contributed by atoms with Crippen LogP contribution in [0.3, 0.4) is 0 Å². The van der Waals surface area contributed by atoms with E-state index in [0.717, 1.165) is 25.2 Å². The first-order chi connectivity index (χ1) is 9.36. The minimum absolute atomic E-state index is 0.299. The normalized spacial score (nSPS) is 18.7. The number of unbranched alkanes of at least 4 members (excludes halogenated alkanes) is 3. The highest BCUT2D eigenvalue weighted by Crippen LogP contribution is 2.36. The number of allylic oxidation sites excluding steroid dienone is 1. The van der Waals surface area contributed by atoms with Crippen molar-refractivity contribution in [1.29, 1.82) is 0 Å². The van der Waals surface area contributed by atoms with Gasteiger partial charge in [0.05, 0.1) is 6.61 Å². The van der Waals surface area contributed by atoms with Crippen molar-refractivity contribution < 1.29 is 4.74 Å². The van der Waals surface area contributed by atoms with Crippen molar-refractivity contribution in [2.75, 3.05) is 6.61 Å². The number of hydrazine groups is 1. The second-order valence-corrected chi connectivity index (χ2v) is 5.16. The molecule has 1 aliphatic heterocycles. The Morgan fingerprint density at radius 1 is 1.37 bits per heavy atom. The number of ether oxygens (including phenoxy) is 1. The lowest BCUT2D eigenvalue weighted by Crippen LogP contribution is -2.40. The Morgan fingerprint density at radius 3 is 3.00 bits per heavy atom. The summed E-state index contributed by atoms with van der Waals surface area (Å²) in [6, 6.07) is 8.56. The zero-order chi connectivity index (χ0) is 13.5. The molecule has 0 amide bonds. The zero-order valence-electron chi connectivity index (χ0n) is 11.5. The van der Waals surface area contributed by atoms with Gasteiger partial charge in [-0.2, -0.15) is 0 Å². The lowest BCUT2D eigenvalue weighted by molar-refractivity contribution is 0.289. The van der Waals surface area contributed by atoms with Gasteiger partial charge in [-0.25, -0.2) is 0 Å². The fourth-order valence-corrected chi connectivity index (χ4v) is 2.75. The van der Waals surface area contributed by atoms with E-state index in [2.05, 4.69) is 24.1 Å². The van der Waals surface area contributed by atoms with Crippen LogP contribution < -0.4 is 16.0 Å². The molecule has 1 aromatic carbocycles. The van der Waals surface area contributed by atoms with Gasteiger partial charge < -0.3 is 4.74 Å². The number of fused-ring (bicyclic) bond motifs is 1. The van der Waals surface area contributed by atoms with Crippen LogP contribution in [0.5, 0.6) is 5.75 Å². The first-order valence-corrected chi connectivity index (χ1v) is 7.15.